The number of hydrogen-bond donors (Lipinski definition) is 2. The Hall–Kier alpha value is -1.24. The highest BCUT2D eigenvalue weighted by molar-refractivity contribution is 8.00. The summed E-state index contributed by atoms with van der Waals surface area (Å²) in [7, 11) is 1.78. The van der Waals surface area contributed by atoms with Gasteiger partial charge >= 0.3 is 0 Å². The van der Waals surface area contributed by atoms with Crippen molar-refractivity contribution >= 4 is 40.7 Å². The second kappa shape index (κ2) is 9.80. The monoisotopic (exact) mass is 368 g/mol. The number of guanidine groups is 1. The van der Waals surface area contributed by atoms with E-state index in [0.29, 0.717) is 0 Å². The summed E-state index contributed by atoms with van der Waals surface area (Å²) in [5.74, 6) is 1.83. The average molecular weight is 369 g/mol. The van der Waals surface area contributed by atoms with Gasteiger partial charge in [0.25, 0.3) is 0 Å². The van der Waals surface area contributed by atoms with Crippen LogP contribution in [0.2, 0.25) is 5.02 Å². The van der Waals surface area contributed by atoms with Gasteiger partial charge in [-0.2, -0.15) is 0 Å². The fourth-order valence-electron chi connectivity index (χ4n) is 2.02. The molecular formula is C16H21ClN4S2. The molecule has 0 radical (unpaired) electrons. The van der Waals surface area contributed by atoms with E-state index in [1.54, 1.807) is 30.1 Å². The number of nitrogens with one attached hydrogen (secondary N) is 2. The van der Waals surface area contributed by atoms with Crippen molar-refractivity contribution in [2.45, 2.75) is 23.7 Å². The standard InChI is InChI=1S/C16H21ClN4S2/c1-12(13-6-3-4-7-14(13)17)21-15(18-2)19-8-5-10-22-16-20-9-11-23-16/h3-4,6-7,9,11-12H,5,8,10H2,1-2H3,(H2,18,19,21). The first-order chi connectivity index (χ1) is 11.2. The molecule has 1 aromatic carbocycles. The molecule has 2 N–H and O–H groups in total. The topological polar surface area (TPSA) is 49.3 Å². The van der Waals surface area contributed by atoms with Crippen molar-refractivity contribution < 1.29 is 0 Å². The number of aliphatic imine (C=N–C) groups is 1. The van der Waals surface area contributed by atoms with E-state index in [-0.39, 0.29) is 6.04 Å². The Morgan fingerprint density at radius 1 is 1.43 bits per heavy atom. The van der Waals surface area contributed by atoms with Crippen LogP contribution in [-0.2, 0) is 0 Å². The molecule has 0 aliphatic heterocycles. The van der Waals surface area contributed by atoms with Crippen LogP contribution in [0.5, 0.6) is 0 Å². The van der Waals surface area contributed by atoms with Crippen molar-refractivity contribution in [2.24, 2.45) is 4.99 Å². The largest absolute Gasteiger partial charge is 0.356 e. The van der Waals surface area contributed by atoms with E-state index in [0.717, 1.165) is 39.6 Å². The SMILES string of the molecule is CN=C(NCCCSc1nccs1)NC(C)c1ccccc1Cl. The van der Waals surface area contributed by atoms with Gasteiger partial charge in [-0.25, -0.2) is 4.98 Å². The summed E-state index contributed by atoms with van der Waals surface area (Å²) >= 11 is 9.70. The first-order valence-electron chi connectivity index (χ1n) is 7.44. The third-order valence-corrected chi connectivity index (χ3v) is 5.59. The summed E-state index contributed by atoms with van der Waals surface area (Å²) in [6, 6.07) is 7.95. The van der Waals surface area contributed by atoms with Gasteiger partial charge in [0.1, 0.15) is 4.34 Å². The zero-order valence-electron chi connectivity index (χ0n) is 13.3. The Balaban J connectivity index is 1.72. The third-order valence-electron chi connectivity index (χ3n) is 3.20. The van der Waals surface area contributed by atoms with Crippen molar-refractivity contribution in [3.8, 4) is 0 Å². The number of thiazole rings is 1. The van der Waals surface area contributed by atoms with Gasteiger partial charge in [0.2, 0.25) is 0 Å². The molecule has 0 aliphatic rings. The molecule has 2 aromatic rings. The third kappa shape index (κ3) is 6.05. The van der Waals surface area contributed by atoms with Crippen molar-refractivity contribution in [3.05, 3.63) is 46.4 Å². The summed E-state index contributed by atoms with van der Waals surface area (Å²) in [6.45, 7) is 2.94. The number of nitrogens with zero attached hydrogens (tertiary/aromatic N) is 2. The highest BCUT2D eigenvalue weighted by atomic mass is 35.5. The predicted molar refractivity (Wildman–Crippen MR) is 102 cm³/mol. The summed E-state index contributed by atoms with van der Waals surface area (Å²) in [6.07, 6.45) is 2.89. The Bertz CT molecular complexity index is 616. The maximum absolute atomic E-state index is 6.23. The van der Waals surface area contributed by atoms with Crippen molar-refractivity contribution in [2.75, 3.05) is 19.3 Å². The number of aromatic nitrogens is 1. The number of halogens is 1. The molecule has 124 valence electrons. The fraction of sp³-hybridized carbons (Fsp3) is 0.375. The van der Waals surface area contributed by atoms with Crippen LogP contribution in [0, 0.1) is 0 Å². The van der Waals surface area contributed by atoms with Crippen LogP contribution < -0.4 is 10.6 Å². The van der Waals surface area contributed by atoms with Crippen molar-refractivity contribution in [3.63, 3.8) is 0 Å². The Labute approximate surface area is 150 Å². The number of rotatable bonds is 7. The molecule has 23 heavy (non-hydrogen) atoms. The highest BCUT2D eigenvalue weighted by Crippen LogP contribution is 2.22. The molecule has 0 fully saturated rings. The molecule has 1 atom stereocenters. The molecule has 0 bridgehead atoms. The first kappa shape index (κ1) is 18.1. The molecule has 0 spiro atoms. The van der Waals surface area contributed by atoms with Gasteiger partial charge in [0.15, 0.2) is 5.96 Å². The van der Waals surface area contributed by atoms with Crippen LogP contribution in [0.3, 0.4) is 0 Å². The second-order valence-corrected chi connectivity index (χ2v) is 7.53. The molecule has 1 aromatic heterocycles. The molecule has 0 amide bonds. The Morgan fingerprint density at radius 3 is 2.96 bits per heavy atom. The van der Waals surface area contributed by atoms with Crippen molar-refractivity contribution in [1.82, 2.24) is 15.6 Å². The highest BCUT2D eigenvalue weighted by Gasteiger charge is 2.10. The van der Waals surface area contributed by atoms with E-state index in [1.165, 1.54) is 0 Å². The van der Waals surface area contributed by atoms with Crippen LogP contribution in [-0.4, -0.2) is 30.3 Å². The minimum absolute atomic E-state index is 0.0968. The zero-order chi connectivity index (χ0) is 16.5. The molecular weight excluding hydrogens is 348 g/mol. The predicted octanol–water partition coefficient (Wildman–Crippen LogP) is 4.20. The summed E-state index contributed by atoms with van der Waals surface area (Å²) in [5, 5.41) is 9.47. The van der Waals surface area contributed by atoms with Crippen LogP contribution >= 0.6 is 34.7 Å². The van der Waals surface area contributed by atoms with Gasteiger partial charge in [-0.05, 0) is 25.0 Å². The average Bonchev–Trinajstić information content (AvgIpc) is 3.07. The summed E-state index contributed by atoms with van der Waals surface area (Å²) < 4.78 is 1.12. The Morgan fingerprint density at radius 2 is 2.26 bits per heavy atom. The lowest BCUT2D eigenvalue weighted by Gasteiger charge is -2.19. The lowest BCUT2D eigenvalue weighted by atomic mass is 10.1. The normalized spacial score (nSPS) is 12.9. The van der Waals surface area contributed by atoms with Crippen LogP contribution in [0.25, 0.3) is 0 Å². The molecule has 0 saturated heterocycles. The van der Waals surface area contributed by atoms with Gasteiger partial charge in [-0.15, -0.1) is 11.3 Å². The van der Waals surface area contributed by atoms with Gasteiger partial charge in [-0.1, -0.05) is 41.6 Å². The molecule has 2 rings (SSSR count). The van der Waals surface area contributed by atoms with E-state index in [9.17, 15) is 0 Å². The Kier molecular flexibility index (Phi) is 7.71. The van der Waals surface area contributed by atoms with E-state index in [2.05, 4.69) is 27.5 Å². The van der Waals surface area contributed by atoms with Gasteiger partial charge in [0.05, 0.1) is 6.04 Å². The quantitative estimate of drug-likeness (QED) is 0.333. The minimum atomic E-state index is 0.0968. The second-order valence-electron chi connectivity index (χ2n) is 4.89. The van der Waals surface area contributed by atoms with Crippen LogP contribution in [0.4, 0.5) is 0 Å². The smallest absolute Gasteiger partial charge is 0.191 e. The molecule has 7 heteroatoms. The van der Waals surface area contributed by atoms with E-state index in [1.807, 2.05) is 35.8 Å². The van der Waals surface area contributed by atoms with Gasteiger partial charge < -0.3 is 10.6 Å². The molecule has 1 heterocycles. The van der Waals surface area contributed by atoms with E-state index >= 15 is 0 Å². The summed E-state index contributed by atoms with van der Waals surface area (Å²) in [4.78, 5) is 8.52. The van der Waals surface area contributed by atoms with Crippen LogP contribution in [0.1, 0.15) is 24.9 Å². The number of hydrogen-bond acceptors (Lipinski definition) is 4. The maximum atomic E-state index is 6.23. The molecule has 1 unspecified atom stereocenters. The van der Waals surface area contributed by atoms with Crippen molar-refractivity contribution in [1.29, 1.82) is 0 Å². The lowest BCUT2D eigenvalue weighted by Crippen LogP contribution is -2.39. The van der Waals surface area contributed by atoms with E-state index < -0.39 is 0 Å². The first-order valence-corrected chi connectivity index (χ1v) is 9.69. The van der Waals surface area contributed by atoms with Gasteiger partial charge in [0, 0.05) is 35.9 Å². The maximum Gasteiger partial charge on any atom is 0.191 e. The molecule has 0 saturated carbocycles. The minimum Gasteiger partial charge on any atom is -0.356 e. The van der Waals surface area contributed by atoms with E-state index in [4.69, 9.17) is 11.6 Å². The molecule has 0 aliphatic carbocycles. The molecule has 4 nitrogen and oxygen atoms in total. The lowest BCUT2D eigenvalue weighted by molar-refractivity contribution is 0.683. The number of thioether (sulfide) groups is 1. The fourth-order valence-corrected chi connectivity index (χ4v) is 3.97. The van der Waals surface area contributed by atoms with Crippen LogP contribution in [0.15, 0.2) is 45.2 Å². The zero-order valence-corrected chi connectivity index (χ0v) is 15.6. The number of benzene rings is 1. The van der Waals surface area contributed by atoms with Gasteiger partial charge in [-0.3, -0.25) is 4.99 Å². The summed E-state index contributed by atoms with van der Waals surface area (Å²) in [5.41, 5.74) is 1.07.